The molecule has 0 saturated heterocycles. The molecule has 131 valence electrons. The summed E-state index contributed by atoms with van der Waals surface area (Å²) < 4.78 is 39.0. The van der Waals surface area contributed by atoms with Crippen LogP contribution in [0.4, 0.5) is 19.0 Å². The van der Waals surface area contributed by atoms with E-state index in [2.05, 4.69) is 9.97 Å². The molecule has 6 nitrogen and oxygen atoms in total. The van der Waals surface area contributed by atoms with Crippen LogP contribution in [0, 0.1) is 11.3 Å². The molecule has 0 bridgehead atoms. The summed E-state index contributed by atoms with van der Waals surface area (Å²) in [7, 11) is -0.0100. The molecule has 1 heterocycles. The number of nitriles is 1. The zero-order valence-corrected chi connectivity index (χ0v) is 13.6. The zero-order chi connectivity index (χ0) is 19.3. The summed E-state index contributed by atoms with van der Waals surface area (Å²) in [6, 6.07) is 6.34. The fraction of sp³-hybridized carbons (Fsp3) is 0.200. The molecule has 0 aliphatic heterocycles. The molecule has 0 saturated carbocycles. The summed E-state index contributed by atoms with van der Waals surface area (Å²) in [6.45, 7) is 1.41. The molecule has 0 fully saturated rings. The normalized spacial score (nSPS) is 10.8. The van der Waals surface area contributed by atoms with E-state index in [9.17, 15) is 23.0 Å². The van der Waals surface area contributed by atoms with Crippen LogP contribution >= 0.6 is 0 Å². The highest BCUT2D eigenvalue weighted by Gasteiger charge is 2.30. The third-order valence-electron chi connectivity index (χ3n) is 3.48. The number of hydrogen-bond acceptors (Lipinski definition) is 6. The first kappa shape index (κ1) is 19.5. The van der Waals surface area contributed by atoms with Gasteiger partial charge in [0.05, 0.1) is 17.5 Å². The van der Waals surface area contributed by atoms with Crippen LogP contribution in [0.1, 0.15) is 22.5 Å². The lowest BCUT2D eigenvalue weighted by atomic mass is 9.74. The van der Waals surface area contributed by atoms with Gasteiger partial charge in [-0.1, -0.05) is 12.1 Å². The van der Waals surface area contributed by atoms with E-state index in [1.54, 1.807) is 0 Å². The van der Waals surface area contributed by atoms with Crippen LogP contribution in [-0.2, 0) is 17.4 Å². The van der Waals surface area contributed by atoms with Gasteiger partial charge in [0.25, 0.3) is 0 Å². The molecule has 1 N–H and O–H groups in total. The summed E-state index contributed by atoms with van der Waals surface area (Å²) in [5, 5.41) is 18.9. The number of carbonyl (C=O) groups is 1. The minimum Gasteiger partial charge on any atom is -0.433 e. The Balaban J connectivity index is 2.34. The van der Waals surface area contributed by atoms with Gasteiger partial charge in [-0.3, -0.25) is 0 Å². The lowest BCUT2D eigenvalue weighted by Crippen LogP contribution is -2.41. The first-order chi connectivity index (χ1) is 12.3. The first-order valence-corrected chi connectivity index (χ1v) is 7.43. The summed E-state index contributed by atoms with van der Waals surface area (Å²) in [5.74, 6) is 0.132. The standard InChI is InChI=1S/C15H12B2F3N4O2/c1-17(26)24(16-9-25)14-8-22-13(7-21)12(23-14)6-10-2-4-11(5-3-10)15(18,19)20/h2-5,8-9,26H,6H2,1H3. The Bertz CT molecular complexity index is 823. The molecule has 2 rings (SSSR count). The Kier molecular flexibility index (Phi) is 6.00. The third-order valence-corrected chi connectivity index (χ3v) is 3.48. The maximum absolute atomic E-state index is 12.6. The van der Waals surface area contributed by atoms with Crippen LogP contribution in [0.2, 0.25) is 6.82 Å². The minimum atomic E-state index is -4.43. The number of halogens is 3. The lowest BCUT2D eigenvalue weighted by molar-refractivity contribution is -0.137. The quantitative estimate of drug-likeness (QED) is 0.624. The van der Waals surface area contributed by atoms with E-state index in [-0.39, 0.29) is 23.6 Å². The number of benzene rings is 1. The van der Waals surface area contributed by atoms with Crippen molar-refractivity contribution in [2.75, 3.05) is 4.72 Å². The van der Waals surface area contributed by atoms with E-state index in [0.717, 1.165) is 24.3 Å². The second-order valence-corrected chi connectivity index (χ2v) is 5.33. The fourth-order valence-corrected chi connectivity index (χ4v) is 2.22. The van der Waals surface area contributed by atoms with Gasteiger partial charge in [-0.2, -0.15) is 18.4 Å². The third kappa shape index (κ3) is 4.61. The number of carbonyl (C=O) groups excluding carboxylic acids is 1. The van der Waals surface area contributed by atoms with Crippen LogP contribution in [0.5, 0.6) is 0 Å². The summed E-state index contributed by atoms with van der Waals surface area (Å²) in [5.41, 5.74) is -0.0497. The smallest absolute Gasteiger partial charge is 0.416 e. The minimum absolute atomic E-state index is 0.00490. The molecule has 1 aromatic carbocycles. The second kappa shape index (κ2) is 8.01. The van der Waals surface area contributed by atoms with Crippen molar-refractivity contribution in [3.63, 3.8) is 0 Å². The lowest BCUT2D eigenvalue weighted by Gasteiger charge is -2.22. The Morgan fingerprint density at radius 3 is 2.54 bits per heavy atom. The van der Waals surface area contributed by atoms with Gasteiger partial charge in [0.2, 0.25) is 0 Å². The van der Waals surface area contributed by atoms with Gasteiger partial charge >= 0.3 is 20.6 Å². The van der Waals surface area contributed by atoms with Crippen molar-refractivity contribution in [1.82, 2.24) is 9.97 Å². The van der Waals surface area contributed by atoms with E-state index in [0.29, 0.717) is 11.7 Å². The van der Waals surface area contributed by atoms with Crippen LogP contribution in [-0.4, -0.2) is 35.6 Å². The number of rotatable bonds is 6. The van der Waals surface area contributed by atoms with Gasteiger partial charge in [-0.05, 0) is 24.5 Å². The first-order valence-electron chi connectivity index (χ1n) is 7.43. The largest absolute Gasteiger partial charge is 0.433 e. The molecular weight excluding hydrogens is 347 g/mol. The van der Waals surface area contributed by atoms with Gasteiger partial charge in [0, 0.05) is 6.42 Å². The second-order valence-electron chi connectivity index (χ2n) is 5.33. The number of anilines is 1. The molecule has 2 aromatic rings. The van der Waals surface area contributed by atoms with Crippen molar-refractivity contribution in [3.8, 4) is 6.07 Å². The van der Waals surface area contributed by atoms with E-state index in [1.807, 2.05) is 6.07 Å². The maximum atomic E-state index is 12.6. The van der Waals surface area contributed by atoms with Crippen LogP contribution < -0.4 is 4.72 Å². The predicted octanol–water partition coefficient (Wildman–Crippen LogP) is 1.68. The molecule has 0 aliphatic rings. The number of nitrogens with zero attached hydrogens (tertiary/aromatic N) is 4. The monoisotopic (exact) mass is 359 g/mol. The number of hydrogen-bond donors (Lipinski definition) is 1. The summed E-state index contributed by atoms with van der Waals surface area (Å²) in [6.07, 6.45) is -2.68. The average Bonchev–Trinajstić information content (AvgIpc) is 2.59. The Morgan fingerprint density at radius 1 is 1.38 bits per heavy atom. The van der Waals surface area contributed by atoms with Gasteiger partial charge in [-0.15, -0.1) is 0 Å². The summed E-state index contributed by atoms with van der Waals surface area (Å²) >= 11 is 0. The van der Waals surface area contributed by atoms with Crippen molar-refractivity contribution >= 4 is 26.5 Å². The van der Waals surface area contributed by atoms with Crippen molar-refractivity contribution in [2.45, 2.75) is 19.4 Å². The van der Waals surface area contributed by atoms with Gasteiger partial charge in [0.15, 0.2) is 5.69 Å². The highest BCUT2D eigenvalue weighted by atomic mass is 19.4. The molecule has 0 amide bonds. The number of aromatic nitrogens is 2. The maximum Gasteiger partial charge on any atom is 0.416 e. The van der Waals surface area contributed by atoms with Gasteiger partial charge in [0.1, 0.15) is 18.1 Å². The molecule has 0 unspecified atom stereocenters. The van der Waals surface area contributed by atoms with E-state index < -0.39 is 18.8 Å². The van der Waals surface area contributed by atoms with Crippen LogP contribution in [0.3, 0.4) is 0 Å². The van der Waals surface area contributed by atoms with Crippen molar-refractivity contribution in [3.05, 3.63) is 53.0 Å². The van der Waals surface area contributed by atoms with Gasteiger partial charge in [-0.25, -0.2) is 9.97 Å². The average molecular weight is 359 g/mol. The Morgan fingerprint density at radius 2 is 2.04 bits per heavy atom. The molecule has 0 aliphatic carbocycles. The molecule has 1 radical (unpaired) electrons. The van der Waals surface area contributed by atoms with Crippen LogP contribution in [0.15, 0.2) is 30.5 Å². The molecule has 1 aromatic heterocycles. The highest BCUT2D eigenvalue weighted by molar-refractivity contribution is 6.82. The molecule has 0 atom stereocenters. The van der Waals surface area contributed by atoms with Crippen molar-refractivity contribution in [1.29, 1.82) is 5.26 Å². The molecule has 26 heavy (non-hydrogen) atoms. The molecule has 0 spiro atoms. The Hall–Kier alpha value is -2.86. The number of alkyl halides is 3. The van der Waals surface area contributed by atoms with Crippen LogP contribution in [0.25, 0.3) is 0 Å². The van der Waals surface area contributed by atoms with Gasteiger partial charge < -0.3 is 14.5 Å². The zero-order valence-electron chi connectivity index (χ0n) is 13.6. The van der Waals surface area contributed by atoms with E-state index in [4.69, 9.17) is 5.26 Å². The predicted molar refractivity (Wildman–Crippen MR) is 89.8 cm³/mol. The fourth-order valence-electron chi connectivity index (χ4n) is 2.22. The van der Waals surface area contributed by atoms with E-state index in [1.165, 1.54) is 25.2 Å². The topological polar surface area (TPSA) is 90.1 Å². The summed E-state index contributed by atoms with van der Waals surface area (Å²) in [4.78, 5) is 18.9. The van der Waals surface area contributed by atoms with Crippen molar-refractivity contribution in [2.24, 2.45) is 0 Å². The SMILES string of the molecule is CB(O)N([B]C=O)c1cnc(C#N)c(Cc2ccc(C(F)(F)F)cc2)n1. The molecule has 11 heteroatoms. The Labute approximate surface area is 148 Å². The van der Waals surface area contributed by atoms with Crippen molar-refractivity contribution < 1.29 is 23.0 Å². The highest BCUT2D eigenvalue weighted by Crippen LogP contribution is 2.29. The van der Waals surface area contributed by atoms with E-state index >= 15 is 0 Å². The molecular formula is C15H12B2F3N4O2.